The molecule has 0 fully saturated rings. The molecule has 2 N–H and O–H groups in total. The van der Waals surface area contributed by atoms with Crippen molar-refractivity contribution in [3.8, 4) is 10.6 Å². The highest BCUT2D eigenvalue weighted by Gasteiger charge is 2.14. The molecule has 2 rings (SSSR count). The highest BCUT2D eigenvalue weighted by molar-refractivity contribution is 7.13. The van der Waals surface area contributed by atoms with E-state index in [-0.39, 0.29) is 0 Å². The van der Waals surface area contributed by atoms with Gasteiger partial charge in [-0.05, 0) is 17.9 Å². The Morgan fingerprint density at radius 1 is 1.53 bits per heavy atom. The van der Waals surface area contributed by atoms with Crippen molar-refractivity contribution in [3.63, 3.8) is 0 Å². The molecule has 0 amide bonds. The van der Waals surface area contributed by atoms with E-state index in [1.165, 1.54) is 10.4 Å². The van der Waals surface area contributed by atoms with Crippen LogP contribution in [0.15, 0.2) is 17.5 Å². The van der Waals surface area contributed by atoms with Crippen molar-refractivity contribution in [1.29, 1.82) is 0 Å². The summed E-state index contributed by atoms with van der Waals surface area (Å²) in [5.41, 5.74) is 8.23. The highest BCUT2D eigenvalue weighted by Crippen LogP contribution is 2.30. The first-order chi connectivity index (χ1) is 7.24. The third-order valence-electron chi connectivity index (χ3n) is 2.45. The summed E-state index contributed by atoms with van der Waals surface area (Å²) in [5, 5.41) is 6.54. The Balaban J connectivity index is 2.51. The zero-order valence-corrected chi connectivity index (χ0v) is 9.84. The topological polar surface area (TPSA) is 43.8 Å². The molecule has 15 heavy (non-hydrogen) atoms. The third kappa shape index (κ3) is 1.77. The van der Waals surface area contributed by atoms with Gasteiger partial charge in [0.2, 0.25) is 0 Å². The maximum absolute atomic E-state index is 6.00. The zero-order chi connectivity index (χ0) is 10.8. The average Bonchev–Trinajstić information content (AvgIpc) is 2.81. The molecule has 0 aromatic carbocycles. The Bertz CT molecular complexity index is 443. The van der Waals surface area contributed by atoms with Crippen LogP contribution >= 0.6 is 11.3 Å². The van der Waals surface area contributed by atoms with E-state index in [4.69, 9.17) is 5.73 Å². The summed E-state index contributed by atoms with van der Waals surface area (Å²) in [4.78, 5) is 1.20. The fraction of sp³-hybridized carbons (Fsp3) is 0.364. The predicted molar refractivity (Wildman–Crippen MR) is 64.9 cm³/mol. The van der Waals surface area contributed by atoms with E-state index in [2.05, 4.69) is 23.5 Å². The van der Waals surface area contributed by atoms with Crippen LogP contribution < -0.4 is 5.73 Å². The van der Waals surface area contributed by atoms with Crippen LogP contribution in [0.25, 0.3) is 10.6 Å². The van der Waals surface area contributed by atoms with E-state index in [0.717, 1.165) is 24.4 Å². The smallest absolute Gasteiger partial charge is 0.125 e. The first-order valence-corrected chi connectivity index (χ1v) is 5.97. The van der Waals surface area contributed by atoms with Crippen LogP contribution in [0.3, 0.4) is 0 Å². The zero-order valence-electron chi connectivity index (χ0n) is 9.03. The molecule has 80 valence electrons. The third-order valence-corrected chi connectivity index (χ3v) is 3.32. The molecule has 0 aliphatic heterocycles. The quantitative estimate of drug-likeness (QED) is 0.866. The van der Waals surface area contributed by atoms with Crippen LogP contribution in [0.5, 0.6) is 0 Å². The largest absolute Gasteiger partial charge is 0.384 e. The van der Waals surface area contributed by atoms with Gasteiger partial charge in [-0.3, -0.25) is 4.68 Å². The number of anilines is 1. The number of nitrogens with zero attached hydrogens (tertiary/aromatic N) is 2. The molecule has 0 bridgehead atoms. The Morgan fingerprint density at radius 3 is 2.93 bits per heavy atom. The van der Waals surface area contributed by atoms with Crippen molar-refractivity contribution < 1.29 is 0 Å². The highest BCUT2D eigenvalue weighted by atomic mass is 32.1. The van der Waals surface area contributed by atoms with E-state index < -0.39 is 0 Å². The van der Waals surface area contributed by atoms with Gasteiger partial charge in [-0.15, -0.1) is 11.3 Å². The predicted octanol–water partition coefficient (Wildman–Crippen LogP) is 2.68. The number of rotatable bonds is 3. The van der Waals surface area contributed by atoms with Crippen molar-refractivity contribution in [2.75, 3.05) is 5.73 Å². The van der Waals surface area contributed by atoms with Crippen molar-refractivity contribution in [2.24, 2.45) is 7.05 Å². The van der Waals surface area contributed by atoms with Gasteiger partial charge in [-0.2, -0.15) is 5.10 Å². The van der Waals surface area contributed by atoms with Crippen LogP contribution in [0.2, 0.25) is 0 Å². The second-order valence-corrected chi connectivity index (χ2v) is 4.51. The number of hydrogen-bond acceptors (Lipinski definition) is 3. The summed E-state index contributed by atoms with van der Waals surface area (Å²) in [6.45, 7) is 2.16. The molecule has 0 radical (unpaired) electrons. The van der Waals surface area contributed by atoms with Gasteiger partial charge in [0.1, 0.15) is 11.5 Å². The van der Waals surface area contributed by atoms with Gasteiger partial charge < -0.3 is 5.73 Å². The van der Waals surface area contributed by atoms with Gasteiger partial charge in [0.05, 0.1) is 4.88 Å². The molecule has 3 nitrogen and oxygen atoms in total. The summed E-state index contributed by atoms with van der Waals surface area (Å²) in [6.07, 6.45) is 2.08. The number of hydrogen-bond donors (Lipinski definition) is 1. The SMILES string of the molecule is CCCc1c(-c2cccs2)nn(C)c1N. The van der Waals surface area contributed by atoms with Crippen molar-refractivity contribution in [2.45, 2.75) is 19.8 Å². The molecule has 2 heterocycles. The van der Waals surface area contributed by atoms with Crippen molar-refractivity contribution in [1.82, 2.24) is 9.78 Å². The minimum atomic E-state index is 0.792. The number of nitrogens with two attached hydrogens (primary N) is 1. The lowest BCUT2D eigenvalue weighted by Gasteiger charge is -1.99. The van der Waals surface area contributed by atoms with Gasteiger partial charge in [0.15, 0.2) is 0 Å². The maximum atomic E-state index is 6.00. The molecule has 2 aromatic heterocycles. The van der Waals surface area contributed by atoms with Crippen LogP contribution in [0, 0.1) is 0 Å². The lowest BCUT2D eigenvalue weighted by Crippen LogP contribution is -1.99. The molecule has 0 unspecified atom stereocenters. The summed E-state index contributed by atoms with van der Waals surface area (Å²) in [7, 11) is 1.89. The van der Waals surface area contributed by atoms with Crippen LogP contribution in [-0.4, -0.2) is 9.78 Å². The van der Waals surface area contributed by atoms with Crippen LogP contribution in [-0.2, 0) is 13.5 Å². The Kier molecular flexibility index (Phi) is 2.77. The number of nitrogen functional groups attached to an aromatic ring is 1. The lowest BCUT2D eigenvalue weighted by molar-refractivity contribution is 0.781. The van der Waals surface area contributed by atoms with E-state index in [9.17, 15) is 0 Å². The molecule has 4 heteroatoms. The number of aromatic nitrogens is 2. The van der Waals surface area contributed by atoms with Gasteiger partial charge in [-0.1, -0.05) is 19.4 Å². The molecule has 0 aliphatic carbocycles. The van der Waals surface area contributed by atoms with E-state index in [1.807, 2.05) is 13.1 Å². The first kappa shape index (κ1) is 10.2. The molecule has 0 aliphatic rings. The number of thiophene rings is 1. The average molecular weight is 221 g/mol. The maximum Gasteiger partial charge on any atom is 0.125 e. The van der Waals surface area contributed by atoms with Crippen LogP contribution in [0.1, 0.15) is 18.9 Å². The fourth-order valence-electron chi connectivity index (χ4n) is 1.69. The standard InChI is InChI=1S/C11H15N3S/c1-3-5-8-10(9-6-4-7-15-9)13-14(2)11(8)12/h4,6-7H,3,5,12H2,1-2H3. The molecule has 0 saturated heterocycles. The molecule has 0 saturated carbocycles. The Morgan fingerprint density at radius 2 is 2.33 bits per heavy atom. The van der Waals surface area contributed by atoms with Gasteiger partial charge in [0.25, 0.3) is 0 Å². The Labute approximate surface area is 93.5 Å². The van der Waals surface area contributed by atoms with E-state index in [0.29, 0.717) is 0 Å². The second-order valence-electron chi connectivity index (χ2n) is 3.56. The summed E-state index contributed by atoms with van der Waals surface area (Å²) in [6, 6.07) is 4.13. The Hall–Kier alpha value is -1.29. The summed E-state index contributed by atoms with van der Waals surface area (Å²) >= 11 is 1.71. The van der Waals surface area contributed by atoms with Gasteiger partial charge in [-0.25, -0.2) is 0 Å². The van der Waals surface area contributed by atoms with Gasteiger partial charge in [0, 0.05) is 12.6 Å². The molecular weight excluding hydrogens is 206 g/mol. The molecule has 2 aromatic rings. The van der Waals surface area contributed by atoms with Crippen LogP contribution in [0.4, 0.5) is 5.82 Å². The lowest BCUT2D eigenvalue weighted by atomic mass is 10.1. The minimum Gasteiger partial charge on any atom is -0.384 e. The molecule has 0 spiro atoms. The fourth-order valence-corrected chi connectivity index (χ4v) is 2.43. The number of aryl methyl sites for hydroxylation is 1. The summed E-state index contributed by atoms with van der Waals surface area (Å²) in [5.74, 6) is 0.792. The van der Waals surface area contributed by atoms with Crippen molar-refractivity contribution in [3.05, 3.63) is 23.1 Å². The van der Waals surface area contributed by atoms with Gasteiger partial charge >= 0.3 is 0 Å². The second kappa shape index (κ2) is 4.06. The molecule has 0 atom stereocenters. The van der Waals surface area contributed by atoms with E-state index >= 15 is 0 Å². The minimum absolute atomic E-state index is 0.792. The monoisotopic (exact) mass is 221 g/mol. The van der Waals surface area contributed by atoms with Crippen molar-refractivity contribution >= 4 is 17.2 Å². The molecular formula is C11H15N3S. The van der Waals surface area contributed by atoms with E-state index in [1.54, 1.807) is 16.0 Å². The normalized spacial score (nSPS) is 10.8. The summed E-state index contributed by atoms with van der Waals surface area (Å²) < 4.78 is 1.76. The first-order valence-electron chi connectivity index (χ1n) is 5.09.